The van der Waals surface area contributed by atoms with Gasteiger partial charge >= 0.3 is 0 Å². The molecule has 2 heteroatoms. The number of benzene rings is 9. The Morgan fingerprint density at radius 3 is 1.63 bits per heavy atom. The fourth-order valence-electron chi connectivity index (χ4n) is 7.80. The predicted molar refractivity (Wildman–Crippen MR) is 225 cm³/mol. The Morgan fingerprint density at radius 1 is 0.327 bits per heavy atom. The lowest BCUT2D eigenvalue weighted by Gasteiger charge is -2.28. The van der Waals surface area contributed by atoms with Crippen LogP contribution in [0.5, 0.6) is 0 Å². The van der Waals surface area contributed by atoms with Crippen LogP contribution in [0.25, 0.3) is 75.1 Å². The van der Waals surface area contributed by atoms with Crippen LogP contribution in [-0.2, 0) is 0 Å². The van der Waals surface area contributed by atoms with E-state index in [9.17, 15) is 0 Å². The van der Waals surface area contributed by atoms with Gasteiger partial charge in [-0.15, -0.1) is 11.3 Å². The lowest BCUT2D eigenvalue weighted by atomic mass is 9.93. The van der Waals surface area contributed by atoms with E-state index in [-0.39, 0.29) is 0 Å². The van der Waals surface area contributed by atoms with Crippen molar-refractivity contribution in [1.82, 2.24) is 0 Å². The largest absolute Gasteiger partial charge is 0.310 e. The summed E-state index contributed by atoms with van der Waals surface area (Å²) < 4.78 is 2.66. The molecule has 52 heavy (non-hydrogen) atoms. The van der Waals surface area contributed by atoms with Crippen LogP contribution in [0.2, 0.25) is 0 Å². The molecule has 0 aliphatic carbocycles. The third-order valence-corrected chi connectivity index (χ3v) is 11.5. The highest BCUT2D eigenvalue weighted by Gasteiger charge is 2.19. The van der Waals surface area contributed by atoms with Gasteiger partial charge in [-0.2, -0.15) is 0 Å². The molecule has 9 aromatic carbocycles. The number of fused-ring (bicyclic) bond motifs is 6. The van der Waals surface area contributed by atoms with Crippen LogP contribution >= 0.6 is 11.3 Å². The van der Waals surface area contributed by atoms with E-state index >= 15 is 0 Å². The molecular formula is C50H33NS. The molecule has 244 valence electrons. The Bertz CT molecular complexity index is 2890. The van der Waals surface area contributed by atoms with Crippen molar-refractivity contribution in [1.29, 1.82) is 0 Å². The highest BCUT2D eigenvalue weighted by atomic mass is 32.1. The molecule has 0 aliphatic rings. The lowest BCUT2D eigenvalue weighted by molar-refractivity contribution is 1.30. The van der Waals surface area contributed by atoms with Gasteiger partial charge in [0.1, 0.15) is 0 Å². The van der Waals surface area contributed by atoms with Crippen molar-refractivity contribution in [3.05, 3.63) is 200 Å². The highest BCUT2D eigenvalue weighted by Crippen LogP contribution is 2.45. The maximum atomic E-state index is 2.41. The molecule has 0 spiro atoms. The van der Waals surface area contributed by atoms with Crippen LogP contribution in [0.1, 0.15) is 0 Å². The van der Waals surface area contributed by atoms with E-state index in [0.29, 0.717) is 0 Å². The van der Waals surface area contributed by atoms with Gasteiger partial charge in [0.25, 0.3) is 0 Å². The molecule has 0 fully saturated rings. The standard InChI is InChI=1S/C50H33NS/c1-2-13-34(14-3-1)35-25-29-38(30-26-35)51(48-33-37-15-4-5-17-41(37)42-18-8-9-20-44(42)48)39-31-27-36(28-32-39)40-16-6-7-19-43(40)46-22-12-23-47-45-21-10-11-24-49(45)52-50(46)47/h1-33H. The van der Waals surface area contributed by atoms with Gasteiger partial charge in [-0.1, -0.05) is 164 Å². The molecule has 0 unspecified atom stereocenters. The van der Waals surface area contributed by atoms with Gasteiger partial charge in [0.2, 0.25) is 0 Å². The third-order valence-electron chi connectivity index (χ3n) is 10.3. The van der Waals surface area contributed by atoms with Crippen LogP contribution in [0.3, 0.4) is 0 Å². The molecule has 10 rings (SSSR count). The summed E-state index contributed by atoms with van der Waals surface area (Å²) in [5.41, 5.74) is 10.8. The molecule has 0 aliphatic heterocycles. The van der Waals surface area contributed by atoms with Gasteiger partial charge in [-0.3, -0.25) is 0 Å². The Kier molecular flexibility index (Phi) is 7.41. The highest BCUT2D eigenvalue weighted by molar-refractivity contribution is 7.26. The van der Waals surface area contributed by atoms with Gasteiger partial charge < -0.3 is 4.90 Å². The van der Waals surface area contributed by atoms with Crippen molar-refractivity contribution in [2.45, 2.75) is 0 Å². The van der Waals surface area contributed by atoms with Gasteiger partial charge in [-0.25, -0.2) is 0 Å². The van der Waals surface area contributed by atoms with E-state index in [1.807, 2.05) is 11.3 Å². The zero-order chi connectivity index (χ0) is 34.4. The van der Waals surface area contributed by atoms with Crippen molar-refractivity contribution in [2.75, 3.05) is 4.90 Å². The van der Waals surface area contributed by atoms with E-state index < -0.39 is 0 Å². The first-order valence-electron chi connectivity index (χ1n) is 17.8. The van der Waals surface area contributed by atoms with Crippen molar-refractivity contribution in [2.24, 2.45) is 0 Å². The van der Waals surface area contributed by atoms with E-state index in [1.54, 1.807) is 0 Å². The number of hydrogen-bond donors (Lipinski definition) is 0. The minimum absolute atomic E-state index is 1.11. The molecule has 0 atom stereocenters. The average molecular weight is 680 g/mol. The van der Waals surface area contributed by atoms with E-state index in [1.165, 1.54) is 75.1 Å². The first kappa shape index (κ1) is 30.4. The first-order valence-corrected chi connectivity index (χ1v) is 18.6. The van der Waals surface area contributed by atoms with Crippen molar-refractivity contribution in [3.8, 4) is 33.4 Å². The van der Waals surface area contributed by atoms with Crippen LogP contribution in [-0.4, -0.2) is 0 Å². The molecule has 0 N–H and O–H groups in total. The van der Waals surface area contributed by atoms with Gasteiger partial charge in [0.15, 0.2) is 0 Å². The molecular weight excluding hydrogens is 647 g/mol. The topological polar surface area (TPSA) is 3.24 Å². The van der Waals surface area contributed by atoms with Gasteiger partial charge in [-0.05, 0) is 80.4 Å². The van der Waals surface area contributed by atoms with Crippen molar-refractivity contribution in [3.63, 3.8) is 0 Å². The minimum atomic E-state index is 1.11. The third kappa shape index (κ3) is 5.16. The summed E-state index contributed by atoms with van der Waals surface area (Å²) in [6.45, 7) is 0. The molecule has 0 saturated carbocycles. The van der Waals surface area contributed by atoms with Crippen molar-refractivity contribution < 1.29 is 0 Å². The van der Waals surface area contributed by atoms with E-state index in [0.717, 1.165) is 17.1 Å². The second kappa shape index (κ2) is 12.7. The summed E-state index contributed by atoms with van der Waals surface area (Å²) in [5, 5.41) is 7.61. The second-order valence-electron chi connectivity index (χ2n) is 13.3. The summed E-state index contributed by atoms with van der Waals surface area (Å²) in [6, 6.07) is 72.8. The summed E-state index contributed by atoms with van der Waals surface area (Å²) in [7, 11) is 0. The van der Waals surface area contributed by atoms with Gasteiger partial charge in [0, 0.05) is 42.5 Å². The second-order valence-corrected chi connectivity index (χ2v) is 14.3. The van der Waals surface area contributed by atoms with E-state index in [2.05, 4.69) is 205 Å². The Hall–Kier alpha value is -6.48. The van der Waals surface area contributed by atoms with E-state index in [4.69, 9.17) is 0 Å². The molecule has 0 amide bonds. The quantitative estimate of drug-likeness (QED) is 0.158. The Balaban J connectivity index is 1.12. The number of hydrogen-bond acceptors (Lipinski definition) is 2. The number of rotatable bonds is 6. The molecule has 0 saturated heterocycles. The van der Waals surface area contributed by atoms with Crippen LogP contribution < -0.4 is 4.90 Å². The van der Waals surface area contributed by atoms with Crippen LogP contribution in [0, 0.1) is 0 Å². The summed E-state index contributed by atoms with van der Waals surface area (Å²) >= 11 is 1.88. The number of anilines is 3. The molecule has 10 aromatic rings. The Labute approximate surface area is 307 Å². The fraction of sp³-hybridized carbons (Fsp3) is 0. The van der Waals surface area contributed by atoms with Crippen LogP contribution in [0.4, 0.5) is 17.1 Å². The molecule has 1 aromatic heterocycles. The summed E-state index contributed by atoms with van der Waals surface area (Å²) in [6.07, 6.45) is 0. The first-order chi connectivity index (χ1) is 25.8. The fourth-order valence-corrected chi connectivity index (χ4v) is 9.03. The summed E-state index contributed by atoms with van der Waals surface area (Å²) in [5.74, 6) is 0. The zero-order valence-electron chi connectivity index (χ0n) is 28.4. The minimum Gasteiger partial charge on any atom is -0.310 e. The normalized spacial score (nSPS) is 11.5. The van der Waals surface area contributed by atoms with Crippen LogP contribution in [0.15, 0.2) is 200 Å². The molecule has 0 radical (unpaired) electrons. The SMILES string of the molecule is c1ccc(-c2ccc(N(c3ccc(-c4ccccc4-c4cccc5c4sc4ccccc45)cc3)c3cc4ccccc4c4ccccc34)cc2)cc1. The molecule has 1 nitrogen and oxygen atoms in total. The number of thiophene rings is 1. The predicted octanol–water partition coefficient (Wildman–Crippen LogP) is 14.8. The maximum Gasteiger partial charge on any atom is 0.0546 e. The van der Waals surface area contributed by atoms with Gasteiger partial charge in [0.05, 0.1) is 5.69 Å². The smallest absolute Gasteiger partial charge is 0.0546 e. The zero-order valence-corrected chi connectivity index (χ0v) is 29.2. The molecule has 0 bridgehead atoms. The lowest BCUT2D eigenvalue weighted by Crippen LogP contribution is -2.10. The maximum absolute atomic E-state index is 2.41. The molecule has 1 heterocycles. The van der Waals surface area contributed by atoms with Crippen molar-refractivity contribution >= 4 is 70.1 Å². The average Bonchev–Trinajstić information content (AvgIpc) is 3.61. The monoisotopic (exact) mass is 679 g/mol. The summed E-state index contributed by atoms with van der Waals surface area (Å²) in [4.78, 5) is 2.41. The Morgan fingerprint density at radius 2 is 0.865 bits per heavy atom. The number of nitrogens with zero attached hydrogens (tertiary/aromatic N) is 1.